The minimum Gasteiger partial charge on any atom is -0.465 e. The number of nitrogens with zero attached hydrogens (tertiary/aromatic N) is 2. The number of methoxy groups -OCH3 is 1. The van der Waals surface area contributed by atoms with E-state index in [-0.39, 0.29) is 5.11 Å². The molecule has 0 aliphatic heterocycles. The van der Waals surface area contributed by atoms with Crippen LogP contribution in [0.25, 0.3) is 0 Å². The number of hydrogen-bond acceptors (Lipinski definition) is 6. The summed E-state index contributed by atoms with van der Waals surface area (Å²) in [5.41, 5.74) is 7.72. The highest BCUT2D eigenvalue weighted by Gasteiger charge is 2.20. The highest BCUT2D eigenvalue weighted by Crippen LogP contribution is 2.30. The Labute approximate surface area is 197 Å². The fourth-order valence-electron chi connectivity index (χ4n) is 2.87. The molecule has 0 spiro atoms. The van der Waals surface area contributed by atoms with Gasteiger partial charge in [-0.1, -0.05) is 30.3 Å². The van der Waals surface area contributed by atoms with E-state index in [1.165, 1.54) is 23.1 Å². The number of esters is 1. The van der Waals surface area contributed by atoms with Crippen LogP contribution in [0.1, 0.15) is 37.0 Å². The van der Waals surface area contributed by atoms with E-state index in [0.717, 1.165) is 10.4 Å². The van der Waals surface area contributed by atoms with Crippen molar-refractivity contribution in [1.29, 1.82) is 0 Å². The smallest absolute Gasteiger partial charge is 0.340 e. The standard InChI is InChI=1S/C20H20BrN5O3S2/c1-11-15(21)16(26(2)25-11)17(27)23-24-20(30)22-18-14(19(28)29-3)10-13(31-18)9-12-7-5-4-6-8-12/h4-8,10H,9H2,1-3H3,(H,23,27)(H2,22,24,30). The number of hydrazine groups is 1. The van der Waals surface area contributed by atoms with Crippen LogP contribution in [0, 0.1) is 6.92 Å². The Morgan fingerprint density at radius 2 is 1.97 bits per heavy atom. The van der Waals surface area contributed by atoms with Crippen LogP contribution in [0.15, 0.2) is 40.9 Å². The molecule has 3 rings (SSSR count). The van der Waals surface area contributed by atoms with Crippen LogP contribution in [0.5, 0.6) is 0 Å². The van der Waals surface area contributed by atoms with Gasteiger partial charge in [-0.25, -0.2) is 4.79 Å². The summed E-state index contributed by atoms with van der Waals surface area (Å²) in [6, 6.07) is 11.7. The number of thiophene rings is 1. The van der Waals surface area contributed by atoms with E-state index >= 15 is 0 Å². The molecule has 2 heterocycles. The van der Waals surface area contributed by atoms with Gasteiger partial charge >= 0.3 is 5.97 Å². The molecule has 3 aromatic rings. The Balaban J connectivity index is 1.69. The summed E-state index contributed by atoms with van der Waals surface area (Å²) in [4.78, 5) is 25.6. The second kappa shape index (κ2) is 10.0. The zero-order valence-corrected chi connectivity index (χ0v) is 20.2. The molecule has 8 nitrogen and oxygen atoms in total. The summed E-state index contributed by atoms with van der Waals surface area (Å²) >= 11 is 10.0. The van der Waals surface area contributed by atoms with Crippen molar-refractivity contribution in [1.82, 2.24) is 20.6 Å². The first kappa shape index (κ1) is 22.9. The van der Waals surface area contributed by atoms with E-state index in [4.69, 9.17) is 17.0 Å². The van der Waals surface area contributed by atoms with Gasteiger partial charge in [0.1, 0.15) is 10.7 Å². The molecule has 162 valence electrons. The van der Waals surface area contributed by atoms with E-state index in [2.05, 4.69) is 37.2 Å². The molecule has 0 bridgehead atoms. The van der Waals surface area contributed by atoms with E-state index in [1.54, 1.807) is 20.0 Å². The lowest BCUT2D eigenvalue weighted by molar-refractivity contribution is 0.0602. The van der Waals surface area contributed by atoms with Gasteiger partial charge in [-0.2, -0.15) is 5.10 Å². The highest BCUT2D eigenvalue weighted by atomic mass is 79.9. The first-order chi connectivity index (χ1) is 14.8. The van der Waals surface area contributed by atoms with Crippen LogP contribution in [0.2, 0.25) is 0 Å². The molecule has 0 fully saturated rings. The van der Waals surface area contributed by atoms with E-state index < -0.39 is 11.9 Å². The maximum absolute atomic E-state index is 12.5. The average molecular weight is 522 g/mol. The van der Waals surface area contributed by atoms with Gasteiger partial charge < -0.3 is 10.1 Å². The third-order valence-electron chi connectivity index (χ3n) is 4.29. The second-order valence-electron chi connectivity index (χ2n) is 6.51. The topological polar surface area (TPSA) is 97.3 Å². The maximum Gasteiger partial charge on any atom is 0.340 e. The lowest BCUT2D eigenvalue weighted by Gasteiger charge is -2.11. The van der Waals surface area contributed by atoms with E-state index in [0.29, 0.717) is 32.8 Å². The second-order valence-corrected chi connectivity index (χ2v) is 8.85. The summed E-state index contributed by atoms with van der Waals surface area (Å²) in [5.74, 6) is -0.887. The molecule has 1 aromatic carbocycles. The Bertz CT molecular complexity index is 1130. The molecule has 31 heavy (non-hydrogen) atoms. The van der Waals surface area contributed by atoms with E-state index in [1.807, 2.05) is 30.3 Å². The fourth-order valence-corrected chi connectivity index (χ4v) is 4.68. The molecule has 0 atom stereocenters. The Morgan fingerprint density at radius 3 is 2.58 bits per heavy atom. The summed E-state index contributed by atoms with van der Waals surface area (Å²) in [6.45, 7) is 1.79. The summed E-state index contributed by atoms with van der Waals surface area (Å²) in [7, 11) is 3.00. The number of amides is 1. The maximum atomic E-state index is 12.5. The Hall–Kier alpha value is -2.76. The number of ether oxygens (including phenoxy) is 1. The molecular formula is C20H20BrN5O3S2. The SMILES string of the molecule is COC(=O)c1cc(Cc2ccccc2)sc1NC(=S)NNC(=O)c1c(Br)c(C)nn1C. The number of carbonyl (C=O) groups excluding carboxylic acids is 2. The number of aromatic nitrogens is 2. The number of aryl methyl sites for hydroxylation is 2. The molecule has 0 saturated heterocycles. The van der Waals surface area contributed by atoms with Crippen molar-refractivity contribution in [3.05, 3.63) is 68.3 Å². The number of thiocarbonyl (C=S) groups is 1. The molecule has 0 saturated carbocycles. The van der Waals surface area contributed by atoms with Gasteiger partial charge in [-0.15, -0.1) is 11.3 Å². The van der Waals surface area contributed by atoms with Crippen LogP contribution in [-0.2, 0) is 18.2 Å². The number of nitrogens with one attached hydrogen (secondary N) is 3. The number of halogens is 1. The van der Waals surface area contributed by atoms with Crippen LogP contribution in [-0.4, -0.2) is 33.9 Å². The lowest BCUT2D eigenvalue weighted by Crippen LogP contribution is -2.44. The van der Waals surface area contributed by atoms with Crippen LogP contribution in [0.4, 0.5) is 5.00 Å². The average Bonchev–Trinajstić information content (AvgIpc) is 3.25. The molecular weight excluding hydrogens is 502 g/mol. The van der Waals surface area contributed by atoms with Gasteiger partial charge in [-0.05, 0) is 46.7 Å². The monoisotopic (exact) mass is 521 g/mol. The Kier molecular flexibility index (Phi) is 7.42. The van der Waals surface area contributed by atoms with Crippen molar-refractivity contribution in [2.75, 3.05) is 12.4 Å². The van der Waals surface area contributed by atoms with Crippen molar-refractivity contribution in [3.8, 4) is 0 Å². The predicted octanol–water partition coefficient (Wildman–Crippen LogP) is 3.56. The van der Waals surface area contributed by atoms with Crippen molar-refractivity contribution in [2.45, 2.75) is 13.3 Å². The zero-order valence-electron chi connectivity index (χ0n) is 17.0. The van der Waals surface area contributed by atoms with Gasteiger partial charge in [0.15, 0.2) is 5.11 Å². The molecule has 1 amide bonds. The number of rotatable bonds is 5. The predicted molar refractivity (Wildman–Crippen MR) is 127 cm³/mol. The summed E-state index contributed by atoms with van der Waals surface area (Å²) < 4.78 is 6.96. The molecule has 0 aliphatic rings. The molecule has 2 aromatic heterocycles. The lowest BCUT2D eigenvalue weighted by atomic mass is 10.1. The van der Waals surface area contributed by atoms with Crippen molar-refractivity contribution < 1.29 is 14.3 Å². The van der Waals surface area contributed by atoms with Gasteiger partial charge in [0, 0.05) is 18.3 Å². The van der Waals surface area contributed by atoms with Gasteiger partial charge in [0.2, 0.25) is 0 Å². The van der Waals surface area contributed by atoms with Crippen LogP contribution < -0.4 is 16.2 Å². The third-order valence-corrected chi connectivity index (χ3v) is 6.49. The van der Waals surface area contributed by atoms with E-state index in [9.17, 15) is 9.59 Å². The molecule has 0 radical (unpaired) electrons. The van der Waals surface area contributed by atoms with Gasteiger partial charge in [0.05, 0.1) is 22.8 Å². The van der Waals surface area contributed by atoms with Gasteiger partial charge in [-0.3, -0.25) is 20.3 Å². The van der Waals surface area contributed by atoms with Crippen molar-refractivity contribution in [3.63, 3.8) is 0 Å². The minimum absolute atomic E-state index is 0.127. The zero-order chi connectivity index (χ0) is 22.5. The first-order valence-corrected chi connectivity index (χ1v) is 11.1. The minimum atomic E-state index is -0.473. The number of anilines is 1. The normalized spacial score (nSPS) is 10.5. The van der Waals surface area contributed by atoms with Crippen molar-refractivity contribution in [2.24, 2.45) is 7.05 Å². The summed E-state index contributed by atoms with van der Waals surface area (Å²) in [5, 5.41) is 7.81. The quantitative estimate of drug-likeness (QED) is 0.268. The highest BCUT2D eigenvalue weighted by molar-refractivity contribution is 9.10. The molecule has 0 aliphatic carbocycles. The summed E-state index contributed by atoms with van der Waals surface area (Å²) in [6.07, 6.45) is 0.669. The third kappa shape index (κ3) is 5.49. The molecule has 11 heteroatoms. The first-order valence-electron chi connectivity index (χ1n) is 9.11. The van der Waals surface area contributed by atoms with Crippen LogP contribution in [0.3, 0.4) is 0 Å². The van der Waals surface area contributed by atoms with Crippen LogP contribution >= 0.6 is 39.5 Å². The van der Waals surface area contributed by atoms with Crippen molar-refractivity contribution >= 4 is 61.5 Å². The molecule has 0 unspecified atom stereocenters. The Morgan fingerprint density at radius 1 is 1.26 bits per heavy atom. The number of hydrogen-bond donors (Lipinski definition) is 3. The number of benzene rings is 1. The largest absolute Gasteiger partial charge is 0.465 e. The molecule has 3 N–H and O–H groups in total. The fraction of sp³-hybridized carbons (Fsp3) is 0.200. The van der Waals surface area contributed by atoms with Gasteiger partial charge in [0.25, 0.3) is 5.91 Å². The number of carbonyl (C=O) groups is 2.